The maximum absolute atomic E-state index is 10.9. The maximum Gasteiger partial charge on any atom is 0.303 e. The molecule has 0 fully saturated rings. The molecule has 3 rings (SSSR count). The fourth-order valence-electron chi connectivity index (χ4n) is 3.46. The van der Waals surface area contributed by atoms with Gasteiger partial charge in [0.25, 0.3) is 0 Å². The van der Waals surface area contributed by atoms with Gasteiger partial charge in [-0.1, -0.05) is 48.5 Å². The summed E-state index contributed by atoms with van der Waals surface area (Å²) in [5, 5.41) is 8.93. The maximum atomic E-state index is 10.9. The Kier molecular flexibility index (Phi) is 7.01. The van der Waals surface area contributed by atoms with E-state index in [2.05, 4.69) is 41.4 Å². The highest BCUT2D eigenvalue weighted by atomic mass is 16.5. The van der Waals surface area contributed by atoms with E-state index in [1.54, 1.807) is 6.21 Å². The summed E-state index contributed by atoms with van der Waals surface area (Å²) in [6.07, 6.45) is 10.1. The quantitative estimate of drug-likeness (QED) is 0.556. The standard InChI is InChI=1S/C24H27NO3/c26-23(27)13-16-24(15-6-17-25-24)14-4-5-18-28-22-11-9-21(10-12-22)19-20-7-2-1-3-8-20/h1-3,6-12,15,17H,4-5,13-14,16,18-19H2,(H,26,27). The zero-order chi connectivity index (χ0) is 19.7. The Balaban J connectivity index is 1.38. The van der Waals surface area contributed by atoms with E-state index in [4.69, 9.17) is 9.84 Å². The number of aliphatic imine (C=N–C) groups is 1. The van der Waals surface area contributed by atoms with Crippen molar-refractivity contribution in [3.8, 4) is 5.75 Å². The molecule has 1 aliphatic rings. The molecule has 28 heavy (non-hydrogen) atoms. The molecule has 0 radical (unpaired) electrons. The highest BCUT2D eigenvalue weighted by Crippen LogP contribution is 2.29. The molecule has 4 nitrogen and oxygen atoms in total. The van der Waals surface area contributed by atoms with Gasteiger partial charge in [0, 0.05) is 12.6 Å². The number of rotatable bonds is 11. The van der Waals surface area contributed by atoms with Crippen molar-refractivity contribution in [1.82, 2.24) is 0 Å². The Morgan fingerprint density at radius 1 is 0.964 bits per heavy atom. The monoisotopic (exact) mass is 377 g/mol. The van der Waals surface area contributed by atoms with E-state index in [0.717, 1.165) is 31.4 Å². The van der Waals surface area contributed by atoms with Crippen molar-refractivity contribution in [2.45, 2.75) is 44.1 Å². The first-order valence-corrected chi connectivity index (χ1v) is 9.86. The molecule has 1 aliphatic heterocycles. The minimum atomic E-state index is -0.770. The molecule has 0 saturated heterocycles. The zero-order valence-electron chi connectivity index (χ0n) is 16.1. The molecule has 0 bridgehead atoms. The largest absolute Gasteiger partial charge is 0.494 e. The van der Waals surface area contributed by atoms with Crippen LogP contribution in [0.4, 0.5) is 0 Å². The molecule has 1 atom stereocenters. The third-order valence-corrected chi connectivity index (χ3v) is 5.04. The van der Waals surface area contributed by atoms with Gasteiger partial charge in [0.1, 0.15) is 5.75 Å². The second-order valence-electron chi connectivity index (χ2n) is 7.25. The summed E-state index contributed by atoms with van der Waals surface area (Å²) in [4.78, 5) is 15.4. The highest BCUT2D eigenvalue weighted by molar-refractivity contribution is 5.75. The lowest BCUT2D eigenvalue weighted by molar-refractivity contribution is -0.137. The van der Waals surface area contributed by atoms with E-state index in [9.17, 15) is 4.79 Å². The van der Waals surface area contributed by atoms with Gasteiger partial charge >= 0.3 is 5.97 Å². The molecule has 2 aromatic rings. The van der Waals surface area contributed by atoms with Crippen LogP contribution in [-0.4, -0.2) is 29.4 Å². The van der Waals surface area contributed by atoms with Crippen LogP contribution < -0.4 is 4.74 Å². The van der Waals surface area contributed by atoms with Crippen molar-refractivity contribution in [3.05, 3.63) is 77.9 Å². The van der Waals surface area contributed by atoms with Gasteiger partial charge < -0.3 is 9.84 Å². The molecular formula is C24H27NO3. The summed E-state index contributed by atoms with van der Waals surface area (Å²) in [5.41, 5.74) is 2.23. The predicted molar refractivity (Wildman–Crippen MR) is 112 cm³/mol. The minimum absolute atomic E-state index is 0.146. The van der Waals surface area contributed by atoms with Crippen molar-refractivity contribution in [2.24, 2.45) is 4.99 Å². The number of carbonyl (C=O) groups is 1. The topological polar surface area (TPSA) is 58.9 Å². The number of benzene rings is 2. The van der Waals surface area contributed by atoms with Crippen LogP contribution in [0.2, 0.25) is 0 Å². The van der Waals surface area contributed by atoms with Crippen molar-refractivity contribution >= 4 is 12.2 Å². The summed E-state index contributed by atoms with van der Waals surface area (Å²) < 4.78 is 5.86. The lowest BCUT2D eigenvalue weighted by Crippen LogP contribution is -2.23. The molecule has 0 aromatic heterocycles. The van der Waals surface area contributed by atoms with E-state index in [-0.39, 0.29) is 12.0 Å². The summed E-state index contributed by atoms with van der Waals surface area (Å²) >= 11 is 0. The van der Waals surface area contributed by atoms with E-state index in [1.807, 2.05) is 30.4 Å². The van der Waals surface area contributed by atoms with Crippen molar-refractivity contribution in [3.63, 3.8) is 0 Å². The van der Waals surface area contributed by atoms with Gasteiger partial charge in [-0.3, -0.25) is 9.79 Å². The minimum Gasteiger partial charge on any atom is -0.494 e. The third-order valence-electron chi connectivity index (χ3n) is 5.04. The van der Waals surface area contributed by atoms with Gasteiger partial charge in [-0.25, -0.2) is 0 Å². The van der Waals surface area contributed by atoms with Crippen LogP contribution in [0.3, 0.4) is 0 Å². The van der Waals surface area contributed by atoms with Gasteiger partial charge in [0.15, 0.2) is 0 Å². The molecule has 1 unspecified atom stereocenters. The molecule has 4 heteroatoms. The second kappa shape index (κ2) is 9.88. The second-order valence-corrected chi connectivity index (χ2v) is 7.25. The average Bonchev–Trinajstić information content (AvgIpc) is 3.17. The number of aliphatic carboxylic acids is 1. The van der Waals surface area contributed by atoms with E-state index >= 15 is 0 Å². The van der Waals surface area contributed by atoms with Crippen LogP contribution in [0.15, 0.2) is 71.7 Å². The fraction of sp³-hybridized carbons (Fsp3) is 0.333. The first kappa shape index (κ1) is 19.9. The Hall–Kier alpha value is -2.88. The zero-order valence-corrected chi connectivity index (χ0v) is 16.1. The van der Waals surface area contributed by atoms with Crippen LogP contribution in [0.1, 0.15) is 43.2 Å². The van der Waals surface area contributed by atoms with Gasteiger partial charge in [-0.2, -0.15) is 0 Å². The highest BCUT2D eigenvalue weighted by Gasteiger charge is 2.27. The van der Waals surface area contributed by atoms with Crippen LogP contribution in [0.25, 0.3) is 0 Å². The van der Waals surface area contributed by atoms with Crippen molar-refractivity contribution < 1.29 is 14.6 Å². The van der Waals surface area contributed by atoms with Gasteiger partial charge in [-0.05, 0) is 61.4 Å². The van der Waals surface area contributed by atoms with E-state index in [1.165, 1.54) is 11.1 Å². The van der Waals surface area contributed by atoms with Crippen LogP contribution >= 0.6 is 0 Å². The number of carboxylic acid groups (broad SMARTS) is 1. The first-order valence-electron chi connectivity index (χ1n) is 9.86. The fourth-order valence-corrected chi connectivity index (χ4v) is 3.46. The van der Waals surface area contributed by atoms with E-state index in [0.29, 0.717) is 13.0 Å². The Labute approximate surface area is 166 Å². The number of ether oxygens (including phenoxy) is 1. The number of hydrogen-bond acceptors (Lipinski definition) is 3. The molecule has 1 heterocycles. The Morgan fingerprint density at radius 2 is 1.71 bits per heavy atom. The van der Waals surface area contributed by atoms with Crippen molar-refractivity contribution in [1.29, 1.82) is 0 Å². The lowest BCUT2D eigenvalue weighted by atomic mass is 9.89. The molecule has 0 amide bonds. The molecule has 2 aromatic carbocycles. The summed E-state index contributed by atoms with van der Waals surface area (Å²) in [6.45, 7) is 0.653. The number of allylic oxidation sites excluding steroid dienone is 1. The molecule has 146 valence electrons. The predicted octanol–water partition coefficient (Wildman–Crippen LogP) is 5.07. The molecule has 0 aliphatic carbocycles. The number of carboxylic acids is 1. The normalized spacial score (nSPS) is 17.7. The number of nitrogens with zero attached hydrogens (tertiary/aromatic N) is 1. The molecule has 0 saturated carbocycles. The number of unbranched alkanes of at least 4 members (excludes halogenated alkanes) is 1. The van der Waals surface area contributed by atoms with Crippen LogP contribution in [-0.2, 0) is 11.2 Å². The number of hydrogen-bond donors (Lipinski definition) is 1. The summed E-state index contributed by atoms with van der Waals surface area (Å²) in [7, 11) is 0. The van der Waals surface area contributed by atoms with Crippen LogP contribution in [0.5, 0.6) is 5.75 Å². The van der Waals surface area contributed by atoms with Gasteiger partial charge in [0.2, 0.25) is 0 Å². The smallest absolute Gasteiger partial charge is 0.303 e. The molecule has 0 spiro atoms. The molecule has 1 N–H and O–H groups in total. The average molecular weight is 377 g/mol. The SMILES string of the molecule is O=C(O)CCC1(CCCCOc2ccc(Cc3ccccc3)cc2)C=CC=N1. The first-order chi connectivity index (χ1) is 13.7. The third kappa shape index (κ3) is 6.08. The molecular weight excluding hydrogens is 350 g/mol. The Morgan fingerprint density at radius 3 is 2.39 bits per heavy atom. The van der Waals surface area contributed by atoms with Crippen molar-refractivity contribution in [2.75, 3.05) is 6.61 Å². The summed E-state index contributed by atoms with van der Waals surface area (Å²) in [5.74, 6) is 0.116. The Bertz CT molecular complexity index is 798. The lowest BCUT2D eigenvalue weighted by Gasteiger charge is -2.23. The summed E-state index contributed by atoms with van der Waals surface area (Å²) in [6, 6.07) is 18.7. The van der Waals surface area contributed by atoms with Gasteiger partial charge in [-0.15, -0.1) is 0 Å². The van der Waals surface area contributed by atoms with Gasteiger partial charge in [0.05, 0.1) is 12.1 Å². The van der Waals surface area contributed by atoms with E-state index < -0.39 is 5.97 Å². The van der Waals surface area contributed by atoms with Crippen LogP contribution in [0, 0.1) is 0 Å².